The topological polar surface area (TPSA) is 52.7 Å². The molecule has 1 atom stereocenters. The van der Waals surface area contributed by atoms with Gasteiger partial charge in [0.15, 0.2) is 0 Å². The minimum atomic E-state index is -0.130. The molecule has 1 saturated heterocycles. The van der Waals surface area contributed by atoms with Crippen molar-refractivity contribution in [2.24, 2.45) is 5.92 Å². The number of para-hydroxylation sites is 1. The third kappa shape index (κ3) is 4.64. The van der Waals surface area contributed by atoms with Gasteiger partial charge in [-0.25, -0.2) is 4.79 Å². The van der Waals surface area contributed by atoms with Gasteiger partial charge in [-0.2, -0.15) is 0 Å². The van der Waals surface area contributed by atoms with Crippen LogP contribution in [0.3, 0.4) is 0 Å². The molecule has 1 unspecified atom stereocenters. The highest BCUT2D eigenvalue weighted by Crippen LogP contribution is 2.22. The Hall–Kier alpha value is -2.34. The highest BCUT2D eigenvalue weighted by Gasteiger charge is 2.31. The van der Waals surface area contributed by atoms with Crippen LogP contribution in [0.4, 0.5) is 10.5 Å². The fourth-order valence-electron chi connectivity index (χ4n) is 3.28. The molecular weight excluding hydrogens is 346 g/mol. The predicted molar refractivity (Wildman–Crippen MR) is 105 cm³/mol. The van der Waals surface area contributed by atoms with Gasteiger partial charge in [-0.1, -0.05) is 24.3 Å². The maximum Gasteiger partial charge on any atom is 0.321 e. The van der Waals surface area contributed by atoms with Gasteiger partial charge in [-0.05, 0) is 43.3 Å². The summed E-state index contributed by atoms with van der Waals surface area (Å²) >= 11 is 1.67. The average molecular weight is 372 g/mol. The van der Waals surface area contributed by atoms with Gasteiger partial charge in [0.25, 0.3) is 0 Å². The molecule has 1 fully saturated rings. The summed E-state index contributed by atoms with van der Waals surface area (Å²) in [5, 5.41) is 4.95. The van der Waals surface area contributed by atoms with Gasteiger partial charge in [0.2, 0.25) is 5.91 Å². The predicted octanol–water partition coefficient (Wildman–Crippen LogP) is 4.04. The van der Waals surface area contributed by atoms with Gasteiger partial charge in [-0.3, -0.25) is 4.79 Å². The number of piperidine rings is 1. The van der Waals surface area contributed by atoms with Crippen LogP contribution < -0.4 is 5.32 Å². The molecule has 5 nitrogen and oxygen atoms in total. The standard InChI is InChI=1S/C20H25N3O2S/c1-2-22(15-18-11-7-13-26-18)19(24)16-8-6-12-23(14-16)20(25)21-17-9-4-3-5-10-17/h3-5,7,9-11,13,16H,2,6,8,12,14-15H2,1H3,(H,21,25). The molecule has 1 aliphatic rings. The quantitative estimate of drug-likeness (QED) is 0.862. The lowest BCUT2D eigenvalue weighted by molar-refractivity contribution is -0.137. The average Bonchev–Trinajstić information content (AvgIpc) is 3.19. The molecule has 3 rings (SSSR count). The van der Waals surface area contributed by atoms with Gasteiger partial charge in [0.1, 0.15) is 0 Å². The second-order valence-corrected chi connectivity index (χ2v) is 7.55. The van der Waals surface area contributed by atoms with Crippen molar-refractivity contribution < 1.29 is 9.59 Å². The molecule has 3 amide bonds. The van der Waals surface area contributed by atoms with E-state index in [1.807, 2.05) is 53.6 Å². The van der Waals surface area contributed by atoms with Crippen LogP contribution in [-0.2, 0) is 11.3 Å². The Labute approximate surface area is 158 Å². The zero-order valence-corrected chi connectivity index (χ0v) is 15.9. The lowest BCUT2D eigenvalue weighted by Crippen LogP contribution is -2.47. The van der Waals surface area contributed by atoms with Crippen molar-refractivity contribution in [2.45, 2.75) is 26.3 Å². The molecule has 2 heterocycles. The van der Waals surface area contributed by atoms with Crippen molar-refractivity contribution in [1.82, 2.24) is 9.80 Å². The van der Waals surface area contributed by atoms with E-state index in [4.69, 9.17) is 0 Å². The molecule has 1 aromatic heterocycles. The minimum Gasteiger partial charge on any atom is -0.338 e. The molecule has 0 spiro atoms. The van der Waals surface area contributed by atoms with Crippen molar-refractivity contribution in [3.63, 3.8) is 0 Å². The maximum atomic E-state index is 13.0. The van der Waals surface area contributed by atoms with Crippen LogP contribution in [0.25, 0.3) is 0 Å². The maximum absolute atomic E-state index is 13.0. The van der Waals surface area contributed by atoms with E-state index in [1.54, 1.807) is 16.2 Å². The SMILES string of the molecule is CCN(Cc1cccs1)C(=O)C1CCCN(C(=O)Nc2ccccc2)C1. The van der Waals surface area contributed by atoms with Gasteiger partial charge >= 0.3 is 6.03 Å². The first kappa shape index (κ1) is 18.5. The lowest BCUT2D eigenvalue weighted by atomic mass is 9.96. The number of hydrogen-bond donors (Lipinski definition) is 1. The Bertz CT molecular complexity index is 718. The van der Waals surface area contributed by atoms with Crippen LogP contribution in [0.2, 0.25) is 0 Å². The van der Waals surface area contributed by atoms with Crippen molar-refractivity contribution in [1.29, 1.82) is 0 Å². The van der Waals surface area contributed by atoms with Crippen LogP contribution in [0.5, 0.6) is 0 Å². The van der Waals surface area contributed by atoms with E-state index in [0.29, 0.717) is 26.2 Å². The smallest absolute Gasteiger partial charge is 0.321 e. The van der Waals surface area contributed by atoms with Crippen LogP contribution in [0.15, 0.2) is 47.8 Å². The second-order valence-electron chi connectivity index (χ2n) is 6.51. The van der Waals surface area contributed by atoms with E-state index >= 15 is 0 Å². The zero-order valence-electron chi connectivity index (χ0n) is 15.1. The number of anilines is 1. The highest BCUT2D eigenvalue weighted by molar-refractivity contribution is 7.09. The third-order valence-electron chi connectivity index (χ3n) is 4.70. The molecular formula is C20H25N3O2S. The fourth-order valence-corrected chi connectivity index (χ4v) is 4.00. The number of thiophene rings is 1. The minimum absolute atomic E-state index is 0.120. The Morgan fingerprint density at radius 1 is 1.23 bits per heavy atom. The lowest BCUT2D eigenvalue weighted by Gasteiger charge is -2.34. The summed E-state index contributed by atoms with van der Waals surface area (Å²) in [5.74, 6) is 0.0308. The fraction of sp³-hybridized carbons (Fsp3) is 0.400. The number of amides is 3. The molecule has 2 aromatic rings. The molecule has 26 heavy (non-hydrogen) atoms. The van der Waals surface area contributed by atoms with Gasteiger partial charge < -0.3 is 15.1 Å². The van der Waals surface area contributed by atoms with E-state index in [9.17, 15) is 9.59 Å². The van der Waals surface area contributed by atoms with Crippen molar-refractivity contribution >= 4 is 29.0 Å². The van der Waals surface area contributed by atoms with Crippen molar-refractivity contribution in [3.05, 3.63) is 52.7 Å². The number of nitrogens with one attached hydrogen (secondary N) is 1. The third-order valence-corrected chi connectivity index (χ3v) is 5.56. The Morgan fingerprint density at radius 2 is 2.04 bits per heavy atom. The number of benzene rings is 1. The van der Waals surface area contributed by atoms with E-state index < -0.39 is 0 Å². The van der Waals surface area contributed by atoms with Crippen molar-refractivity contribution in [3.8, 4) is 0 Å². The molecule has 0 saturated carbocycles. The van der Waals surface area contributed by atoms with Gasteiger partial charge in [0.05, 0.1) is 12.5 Å². The molecule has 138 valence electrons. The molecule has 1 aromatic carbocycles. The van der Waals surface area contributed by atoms with E-state index in [2.05, 4.69) is 11.4 Å². The molecule has 1 N–H and O–H groups in total. The first-order chi connectivity index (χ1) is 12.7. The Morgan fingerprint density at radius 3 is 2.73 bits per heavy atom. The molecule has 6 heteroatoms. The number of nitrogens with zero attached hydrogens (tertiary/aromatic N) is 2. The van der Waals surface area contributed by atoms with Gasteiger partial charge in [-0.15, -0.1) is 11.3 Å². The summed E-state index contributed by atoms with van der Waals surface area (Å²) < 4.78 is 0. The summed E-state index contributed by atoms with van der Waals surface area (Å²) in [5.41, 5.74) is 0.777. The largest absolute Gasteiger partial charge is 0.338 e. The summed E-state index contributed by atoms with van der Waals surface area (Å²) in [6.45, 7) is 4.52. The monoisotopic (exact) mass is 371 g/mol. The van der Waals surface area contributed by atoms with Crippen molar-refractivity contribution in [2.75, 3.05) is 25.0 Å². The molecule has 1 aliphatic heterocycles. The van der Waals surface area contributed by atoms with Crippen LogP contribution >= 0.6 is 11.3 Å². The van der Waals surface area contributed by atoms with Crippen LogP contribution in [-0.4, -0.2) is 41.4 Å². The number of likely N-dealkylation sites (tertiary alicyclic amines) is 1. The van der Waals surface area contributed by atoms with E-state index in [0.717, 1.165) is 18.5 Å². The highest BCUT2D eigenvalue weighted by atomic mass is 32.1. The Kier molecular flexibility index (Phi) is 6.28. The summed E-state index contributed by atoms with van der Waals surface area (Å²) in [6, 6.07) is 13.4. The van der Waals surface area contributed by atoms with Gasteiger partial charge in [0, 0.05) is 30.2 Å². The number of hydrogen-bond acceptors (Lipinski definition) is 3. The summed E-state index contributed by atoms with van der Waals surface area (Å²) in [7, 11) is 0. The molecule has 0 radical (unpaired) electrons. The molecule has 0 aliphatic carbocycles. The first-order valence-corrected chi connectivity index (χ1v) is 9.97. The zero-order chi connectivity index (χ0) is 18.4. The summed E-state index contributed by atoms with van der Waals surface area (Å²) in [4.78, 5) is 30.3. The number of urea groups is 1. The van der Waals surface area contributed by atoms with E-state index in [-0.39, 0.29) is 17.9 Å². The van der Waals surface area contributed by atoms with Crippen LogP contribution in [0, 0.1) is 5.92 Å². The van der Waals surface area contributed by atoms with E-state index in [1.165, 1.54) is 4.88 Å². The summed E-state index contributed by atoms with van der Waals surface area (Å²) in [6.07, 6.45) is 1.70. The number of rotatable bonds is 5. The number of carbonyl (C=O) groups is 2. The Balaban J connectivity index is 1.59. The first-order valence-electron chi connectivity index (χ1n) is 9.09. The van der Waals surface area contributed by atoms with Crippen LogP contribution in [0.1, 0.15) is 24.6 Å². The normalized spacial score (nSPS) is 17.0. The number of carbonyl (C=O) groups excluding carboxylic acids is 2. The second kappa shape index (κ2) is 8.85. The molecule has 0 bridgehead atoms.